The third-order valence-electron chi connectivity index (χ3n) is 4.51. The first-order valence-corrected chi connectivity index (χ1v) is 10.2. The number of benzene rings is 2. The van der Waals surface area contributed by atoms with Crippen LogP contribution in [0.25, 0.3) is 0 Å². The van der Waals surface area contributed by atoms with Crippen LogP contribution in [-0.2, 0) is 14.8 Å². The number of carbonyl (C=O) groups is 1. The van der Waals surface area contributed by atoms with Crippen molar-refractivity contribution in [1.82, 2.24) is 9.21 Å². The monoisotopic (exact) mass is 422 g/mol. The molecule has 0 unspecified atom stereocenters. The smallest absolute Gasteiger partial charge is 0.270 e. The van der Waals surface area contributed by atoms with Crippen molar-refractivity contribution in [2.75, 3.05) is 38.0 Å². The topological polar surface area (TPSA) is 113 Å². The molecular weight excluding hydrogens is 403 g/mol. The number of anilines is 1. The maximum absolute atomic E-state index is 13.6. The predicted octanol–water partition coefficient (Wildman–Crippen LogP) is 1.68. The Balaban J connectivity index is 1.58. The summed E-state index contributed by atoms with van der Waals surface area (Å²) in [5, 5.41) is 13.4. The summed E-state index contributed by atoms with van der Waals surface area (Å²) in [4.78, 5) is 24.0. The Kier molecular flexibility index (Phi) is 6.20. The van der Waals surface area contributed by atoms with Gasteiger partial charge in [-0.3, -0.25) is 19.8 Å². The number of hydrogen-bond donors (Lipinski definition) is 1. The number of amides is 1. The van der Waals surface area contributed by atoms with Crippen LogP contribution >= 0.6 is 0 Å². The zero-order valence-corrected chi connectivity index (χ0v) is 16.1. The highest BCUT2D eigenvalue weighted by Crippen LogP contribution is 2.22. The normalized spacial score (nSPS) is 15.8. The van der Waals surface area contributed by atoms with Crippen molar-refractivity contribution in [3.63, 3.8) is 0 Å². The van der Waals surface area contributed by atoms with Gasteiger partial charge < -0.3 is 5.32 Å². The zero-order valence-electron chi connectivity index (χ0n) is 15.3. The van der Waals surface area contributed by atoms with Gasteiger partial charge in [-0.2, -0.15) is 4.31 Å². The minimum atomic E-state index is -3.87. The maximum Gasteiger partial charge on any atom is 0.270 e. The van der Waals surface area contributed by atoms with Gasteiger partial charge in [0.05, 0.1) is 22.1 Å². The zero-order chi connectivity index (χ0) is 21.0. The second kappa shape index (κ2) is 8.64. The van der Waals surface area contributed by atoms with Crippen LogP contribution in [-0.4, -0.2) is 61.2 Å². The minimum absolute atomic E-state index is 0.000962. The number of piperazine rings is 1. The number of non-ortho nitro benzene ring substituents is 1. The fourth-order valence-electron chi connectivity index (χ4n) is 2.99. The Hall–Kier alpha value is -2.89. The van der Waals surface area contributed by atoms with Crippen molar-refractivity contribution in [3.05, 3.63) is 64.5 Å². The fourth-order valence-corrected chi connectivity index (χ4v) is 4.45. The van der Waals surface area contributed by atoms with Crippen molar-refractivity contribution in [2.45, 2.75) is 4.90 Å². The van der Waals surface area contributed by atoms with E-state index in [9.17, 15) is 27.7 Å². The average molecular weight is 422 g/mol. The van der Waals surface area contributed by atoms with Gasteiger partial charge in [0, 0.05) is 38.3 Å². The number of hydrogen-bond acceptors (Lipinski definition) is 6. The fraction of sp³-hybridized carbons (Fsp3) is 0.278. The largest absolute Gasteiger partial charge is 0.322 e. The number of para-hydroxylation sites is 1. The SMILES string of the molecule is O=C(CN1CCN(S(=O)(=O)c2cccc([N+](=O)[O-])c2)CC1)Nc1ccccc1F. The summed E-state index contributed by atoms with van der Waals surface area (Å²) in [6.45, 7) is 0.882. The van der Waals surface area contributed by atoms with Crippen molar-refractivity contribution < 1.29 is 22.5 Å². The lowest BCUT2D eigenvalue weighted by Crippen LogP contribution is -2.50. The summed E-state index contributed by atoms with van der Waals surface area (Å²) >= 11 is 0. The highest BCUT2D eigenvalue weighted by molar-refractivity contribution is 7.89. The van der Waals surface area contributed by atoms with Crippen LogP contribution in [0, 0.1) is 15.9 Å². The first kappa shape index (κ1) is 20.8. The number of halogens is 1. The lowest BCUT2D eigenvalue weighted by atomic mass is 10.3. The molecule has 11 heteroatoms. The third-order valence-corrected chi connectivity index (χ3v) is 6.41. The summed E-state index contributed by atoms with van der Waals surface area (Å²) in [6, 6.07) is 10.7. The van der Waals surface area contributed by atoms with E-state index in [2.05, 4.69) is 5.32 Å². The van der Waals surface area contributed by atoms with Crippen molar-refractivity contribution >= 4 is 27.3 Å². The molecule has 0 bridgehead atoms. The van der Waals surface area contributed by atoms with Gasteiger partial charge in [0.15, 0.2) is 0 Å². The van der Waals surface area contributed by atoms with Crippen LogP contribution < -0.4 is 5.32 Å². The maximum atomic E-state index is 13.6. The van der Waals surface area contributed by atoms with Crippen LogP contribution in [0.3, 0.4) is 0 Å². The number of nitro groups is 1. The molecular formula is C18H19FN4O5S. The van der Waals surface area contributed by atoms with Crippen molar-refractivity contribution in [2.24, 2.45) is 0 Å². The van der Waals surface area contributed by atoms with Gasteiger partial charge in [0.25, 0.3) is 5.69 Å². The van der Waals surface area contributed by atoms with Gasteiger partial charge >= 0.3 is 0 Å². The van der Waals surface area contributed by atoms with Crippen molar-refractivity contribution in [3.8, 4) is 0 Å². The Morgan fingerprint density at radius 1 is 1.10 bits per heavy atom. The number of carbonyl (C=O) groups excluding carboxylic acids is 1. The van der Waals surface area contributed by atoms with E-state index in [1.165, 1.54) is 40.7 Å². The molecule has 0 atom stereocenters. The molecule has 1 amide bonds. The molecule has 3 rings (SSSR count). The average Bonchev–Trinajstić information content (AvgIpc) is 2.70. The van der Waals surface area contributed by atoms with Gasteiger partial charge in [-0.1, -0.05) is 18.2 Å². The van der Waals surface area contributed by atoms with E-state index in [0.29, 0.717) is 13.1 Å². The predicted molar refractivity (Wildman–Crippen MR) is 103 cm³/mol. The summed E-state index contributed by atoms with van der Waals surface area (Å²) in [6.07, 6.45) is 0. The standard InChI is InChI=1S/C18H19FN4O5S/c19-16-6-1-2-7-17(16)20-18(24)13-21-8-10-22(11-9-21)29(27,28)15-5-3-4-14(12-15)23(25)26/h1-7,12H,8-11,13H2,(H,20,24). The molecule has 2 aromatic rings. The third kappa shape index (κ3) is 4.94. The molecule has 1 fully saturated rings. The van der Waals surface area contributed by atoms with Crippen LogP contribution in [0.5, 0.6) is 0 Å². The van der Waals surface area contributed by atoms with Crippen LogP contribution in [0.15, 0.2) is 53.4 Å². The lowest BCUT2D eigenvalue weighted by molar-refractivity contribution is -0.385. The quantitative estimate of drug-likeness (QED) is 0.560. The van der Waals surface area contributed by atoms with Crippen molar-refractivity contribution in [1.29, 1.82) is 0 Å². The van der Waals surface area contributed by atoms with Gasteiger partial charge in [0.1, 0.15) is 5.82 Å². The Bertz CT molecular complexity index is 1020. The highest BCUT2D eigenvalue weighted by Gasteiger charge is 2.30. The van der Waals surface area contributed by atoms with Gasteiger partial charge in [-0.15, -0.1) is 0 Å². The van der Waals surface area contributed by atoms with E-state index in [1.54, 1.807) is 11.0 Å². The summed E-state index contributed by atoms with van der Waals surface area (Å²) in [5.41, 5.74) is -0.209. The molecule has 0 spiro atoms. The van der Waals surface area contributed by atoms with Gasteiger partial charge in [-0.25, -0.2) is 12.8 Å². The minimum Gasteiger partial charge on any atom is -0.322 e. The van der Waals surface area contributed by atoms with Gasteiger partial charge in [-0.05, 0) is 18.2 Å². The molecule has 1 heterocycles. The highest BCUT2D eigenvalue weighted by atomic mass is 32.2. The Morgan fingerprint density at radius 3 is 2.45 bits per heavy atom. The van der Waals surface area contributed by atoms with E-state index in [4.69, 9.17) is 0 Å². The summed E-state index contributed by atoms with van der Waals surface area (Å²) in [5.74, 6) is -0.932. The number of rotatable bonds is 6. The second-order valence-corrected chi connectivity index (χ2v) is 8.40. The Labute approximate surface area is 166 Å². The van der Waals surface area contributed by atoms with Crippen LogP contribution in [0.1, 0.15) is 0 Å². The Morgan fingerprint density at radius 2 is 1.79 bits per heavy atom. The molecule has 1 N–H and O–H groups in total. The van der Waals surface area contributed by atoms with E-state index in [-0.39, 0.29) is 35.9 Å². The van der Waals surface area contributed by atoms with E-state index >= 15 is 0 Å². The molecule has 29 heavy (non-hydrogen) atoms. The second-order valence-electron chi connectivity index (χ2n) is 6.46. The van der Waals surface area contributed by atoms with E-state index in [0.717, 1.165) is 6.07 Å². The molecule has 154 valence electrons. The molecule has 1 saturated heterocycles. The van der Waals surface area contributed by atoms with E-state index < -0.39 is 26.7 Å². The summed E-state index contributed by atoms with van der Waals surface area (Å²) < 4.78 is 40.3. The number of nitro benzene ring substituents is 1. The summed E-state index contributed by atoms with van der Waals surface area (Å²) in [7, 11) is -3.87. The first-order chi connectivity index (χ1) is 13.8. The van der Waals surface area contributed by atoms with Crippen LogP contribution in [0.4, 0.5) is 15.8 Å². The molecule has 9 nitrogen and oxygen atoms in total. The number of nitrogens with zero attached hydrogens (tertiary/aromatic N) is 3. The number of sulfonamides is 1. The molecule has 1 aliphatic rings. The van der Waals surface area contributed by atoms with Gasteiger partial charge in [0.2, 0.25) is 15.9 Å². The molecule has 0 radical (unpaired) electrons. The molecule has 0 aromatic heterocycles. The van der Waals surface area contributed by atoms with Crippen LogP contribution in [0.2, 0.25) is 0 Å². The molecule has 1 aliphatic heterocycles. The lowest BCUT2D eigenvalue weighted by Gasteiger charge is -2.33. The van der Waals surface area contributed by atoms with E-state index in [1.807, 2.05) is 0 Å². The number of nitrogens with one attached hydrogen (secondary N) is 1. The molecule has 0 saturated carbocycles. The molecule has 2 aromatic carbocycles. The first-order valence-electron chi connectivity index (χ1n) is 8.79. The molecule has 0 aliphatic carbocycles.